The van der Waals surface area contributed by atoms with E-state index in [9.17, 15) is 24.0 Å². The Labute approximate surface area is 476 Å². The van der Waals surface area contributed by atoms with Gasteiger partial charge in [-0.15, -0.1) is 0 Å². The number of hydrogen-bond acceptors (Lipinski definition) is 12. The summed E-state index contributed by atoms with van der Waals surface area (Å²) in [5.74, 6) is 2.22. The summed E-state index contributed by atoms with van der Waals surface area (Å²) in [4.78, 5) is 84.6. The minimum Gasteiger partial charge on any atom is -0.399 e. The van der Waals surface area contributed by atoms with Crippen molar-refractivity contribution in [1.82, 2.24) is 34.7 Å². The maximum atomic E-state index is 11.8. The monoisotopic (exact) mass is 1240 g/mol. The van der Waals surface area contributed by atoms with Crippen molar-refractivity contribution >= 4 is 102 Å². The number of likely N-dealkylation sites (tertiary alicyclic amines) is 2. The Bertz CT molecular complexity index is 2890. The molecule has 6 aliphatic rings. The van der Waals surface area contributed by atoms with Gasteiger partial charge in [0.15, 0.2) is 0 Å². The Morgan fingerprint density at radius 3 is 1.47 bits per heavy atom. The number of pyridine rings is 5. The number of aromatic nitrogens is 5. The second kappa shape index (κ2) is 27.3. The fourth-order valence-electron chi connectivity index (χ4n) is 9.40. The van der Waals surface area contributed by atoms with Gasteiger partial charge in [-0.2, -0.15) is 0 Å². The first-order valence-corrected chi connectivity index (χ1v) is 28.7. The van der Waals surface area contributed by atoms with E-state index < -0.39 is 19.2 Å². The summed E-state index contributed by atoms with van der Waals surface area (Å²) in [5.41, 5.74) is 18.2. The highest BCUT2D eigenvalue weighted by molar-refractivity contribution is 9.10. The molecule has 5 aliphatic heterocycles. The van der Waals surface area contributed by atoms with Gasteiger partial charge in [-0.05, 0) is 163 Å². The SMILES string of the molecule is BrCc1cncc(Br)c1.CC1(C)OB(c2cnc3c(c2)CCCN3C(N)=O)OC1(C)C.NC(=O)N1CCCc2cc(-c3cncc(CN4CCCC4=O)c3)cnc21.O=C1CCCC1.O=C1CCCN1Cc1cncc(Br)c1. The number of alkyl halides is 1. The second-order valence-electron chi connectivity index (χ2n) is 20.6. The average Bonchev–Trinajstić information content (AvgIpc) is 4.23. The molecule has 4 fully saturated rings. The molecule has 22 heteroatoms. The van der Waals surface area contributed by atoms with Gasteiger partial charge in [-0.3, -0.25) is 39.1 Å². The van der Waals surface area contributed by atoms with Crippen LogP contribution in [0.5, 0.6) is 0 Å². The summed E-state index contributed by atoms with van der Waals surface area (Å²) in [5, 5.41) is 0.861. The van der Waals surface area contributed by atoms with Crippen LogP contribution in [0.15, 0.2) is 88.9 Å². The van der Waals surface area contributed by atoms with Crippen molar-refractivity contribution in [2.24, 2.45) is 11.5 Å². The fourth-order valence-corrected chi connectivity index (χ4v) is 10.5. The van der Waals surface area contributed by atoms with Crippen LogP contribution < -0.4 is 26.7 Å². The lowest BCUT2D eigenvalue weighted by Crippen LogP contribution is -2.41. The largest absolute Gasteiger partial charge is 0.496 e. The van der Waals surface area contributed by atoms with E-state index in [1.165, 1.54) is 15.4 Å². The van der Waals surface area contributed by atoms with E-state index in [4.69, 9.17) is 20.8 Å². The predicted octanol–water partition coefficient (Wildman–Crippen LogP) is 9.14. The maximum absolute atomic E-state index is 11.8. The summed E-state index contributed by atoms with van der Waals surface area (Å²) in [6.07, 6.45) is 24.9. The molecule has 6 amide bonds. The molecular formula is C55H67BBr3N11O7. The second-order valence-corrected chi connectivity index (χ2v) is 22.9. The molecule has 18 nitrogen and oxygen atoms in total. The van der Waals surface area contributed by atoms with E-state index in [1.54, 1.807) is 43.4 Å². The molecule has 77 heavy (non-hydrogen) atoms. The lowest BCUT2D eigenvalue weighted by atomic mass is 9.79. The van der Waals surface area contributed by atoms with Crippen molar-refractivity contribution in [3.8, 4) is 11.1 Å². The van der Waals surface area contributed by atoms with E-state index in [0.29, 0.717) is 56.4 Å². The molecule has 0 bridgehead atoms. The number of Topliss-reactive ketones (excluding diaryl/α,β-unsaturated/α-hetero) is 1. The molecule has 1 saturated carbocycles. The smallest absolute Gasteiger partial charge is 0.399 e. The lowest BCUT2D eigenvalue weighted by Gasteiger charge is -2.32. The number of primary amides is 2. The van der Waals surface area contributed by atoms with Crippen LogP contribution >= 0.6 is 47.8 Å². The molecule has 11 rings (SSSR count). The summed E-state index contributed by atoms with van der Waals surface area (Å²) in [7, 11) is -0.438. The number of hydrogen-bond donors (Lipinski definition) is 2. The standard InChI is InChI=1S/C19H21N5O2.C15H22BN3O3.C10H11BrN2O.C6H5Br2N.C5H8O/c20-19(26)24-6-1-3-14-8-16(11-22-18(14)24)15-7-13(9-21-10-15)12-23-5-2-4-17(23)25;1-14(2)15(3,4)22-16(21-14)11-8-10-6-5-7-19(13(17)20)12(10)18-9-11;11-9-4-8(5-12-6-9)7-13-3-1-2-10(13)14;7-2-5-1-6(8)4-9-3-5;6-5-3-1-2-4-5/h7-11H,1-6,12H2,(H2,20,26);8-9H,5-7H2,1-4H3,(H2,17,20);4-6H,1-3,7H2;1,3-4H,2H2;1-4H2. The third kappa shape index (κ3) is 16.2. The number of halogens is 3. The Balaban J connectivity index is 0.000000151. The topological polar surface area (TPSA) is 233 Å². The van der Waals surface area contributed by atoms with E-state index in [2.05, 4.69) is 84.8 Å². The van der Waals surface area contributed by atoms with Gasteiger partial charge >= 0.3 is 19.2 Å². The number of carbonyl (C=O) groups is 5. The molecule has 5 aromatic rings. The number of urea groups is 2. The first-order chi connectivity index (χ1) is 36.8. The first-order valence-electron chi connectivity index (χ1n) is 26.0. The highest BCUT2D eigenvalue weighted by Gasteiger charge is 2.52. The molecule has 408 valence electrons. The number of nitrogens with two attached hydrogens (primary N) is 2. The summed E-state index contributed by atoms with van der Waals surface area (Å²) in [6.45, 7) is 12.3. The summed E-state index contributed by atoms with van der Waals surface area (Å²) in [6, 6.07) is 9.22. The fraction of sp³-hybridized carbons (Fsp3) is 0.455. The molecule has 10 heterocycles. The van der Waals surface area contributed by atoms with Crippen molar-refractivity contribution in [2.75, 3.05) is 36.0 Å². The Kier molecular flexibility index (Phi) is 20.9. The van der Waals surface area contributed by atoms with Crippen LogP contribution in [-0.4, -0.2) is 109 Å². The van der Waals surface area contributed by atoms with Crippen molar-refractivity contribution in [1.29, 1.82) is 0 Å². The molecule has 0 unspecified atom stereocenters. The van der Waals surface area contributed by atoms with Gasteiger partial charge in [0.2, 0.25) is 11.8 Å². The third-order valence-corrected chi connectivity index (χ3v) is 15.7. The van der Waals surface area contributed by atoms with Crippen LogP contribution in [0, 0.1) is 0 Å². The Hall–Kier alpha value is -5.68. The van der Waals surface area contributed by atoms with Crippen molar-refractivity contribution in [3.63, 3.8) is 0 Å². The van der Waals surface area contributed by atoms with Crippen LogP contribution in [0.2, 0.25) is 0 Å². The minimum absolute atomic E-state index is 0.206. The number of carbonyl (C=O) groups excluding carboxylic acids is 5. The van der Waals surface area contributed by atoms with Gasteiger partial charge in [0.05, 0.1) is 11.2 Å². The lowest BCUT2D eigenvalue weighted by molar-refractivity contribution is -0.129. The summed E-state index contributed by atoms with van der Waals surface area (Å²) < 4.78 is 14.1. The number of nitrogens with zero attached hydrogens (tertiary/aromatic N) is 9. The van der Waals surface area contributed by atoms with Crippen LogP contribution in [0.25, 0.3) is 11.1 Å². The van der Waals surface area contributed by atoms with Gasteiger partial charge in [0.1, 0.15) is 17.4 Å². The Morgan fingerprint density at radius 2 is 1.01 bits per heavy atom. The molecule has 5 aromatic heterocycles. The van der Waals surface area contributed by atoms with Gasteiger partial charge in [-0.25, -0.2) is 19.6 Å². The van der Waals surface area contributed by atoms with Gasteiger partial charge in [0.25, 0.3) is 0 Å². The molecule has 0 atom stereocenters. The quantitative estimate of drug-likeness (QED) is 0.115. The number of aryl methyl sites for hydroxylation is 2. The number of ketones is 1. The zero-order valence-corrected chi connectivity index (χ0v) is 48.9. The van der Waals surface area contributed by atoms with Crippen molar-refractivity contribution < 1.29 is 33.3 Å². The summed E-state index contributed by atoms with van der Waals surface area (Å²) >= 11 is 10.0. The maximum Gasteiger partial charge on any atom is 0.496 e. The zero-order chi connectivity index (χ0) is 55.3. The van der Waals surface area contributed by atoms with E-state index in [-0.39, 0.29) is 23.0 Å². The number of amides is 6. The van der Waals surface area contributed by atoms with Crippen LogP contribution in [0.1, 0.15) is 120 Å². The minimum atomic E-state index is -0.467. The Morgan fingerprint density at radius 1 is 0.558 bits per heavy atom. The first kappa shape index (κ1) is 59.0. The predicted molar refractivity (Wildman–Crippen MR) is 307 cm³/mol. The van der Waals surface area contributed by atoms with E-state index >= 15 is 0 Å². The highest BCUT2D eigenvalue weighted by atomic mass is 79.9. The van der Waals surface area contributed by atoms with Crippen LogP contribution in [0.3, 0.4) is 0 Å². The van der Waals surface area contributed by atoms with Gasteiger partial charge < -0.3 is 30.6 Å². The van der Waals surface area contributed by atoms with Crippen molar-refractivity contribution in [2.45, 2.75) is 134 Å². The highest BCUT2D eigenvalue weighted by Crippen LogP contribution is 2.37. The van der Waals surface area contributed by atoms with E-state index in [1.807, 2.05) is 61.9 Å². The zero-order valence-electron chi connectivity index (χ0n) is 44.2. The average molecular weight is 1240 g/mol. The normalized spacial score (nSPS) is 17.9. The van der Waals surface area contributed by atoms with Crippen LogP contribution in [-0.2, 0) is 55.0 Å². The van der Waals surface area contributed by atoms with Gasteiger partial charge in [0, 0.05) is 145 Å². The van der Waals surface area contributed by atoms with Crippen LogP contribution in [0.4, 0.5) is 21.2 Å². The molecule has 0 aromatic carbocycles. The number of fused-ring (bicyclic) bond motifs is 2. The molecule has 1 aliphatic carbocycles. The third-order valence-electron chi connectivity index (χ3n) is 14.2. The molecule has 4 N–H and O–H groups in total. The van der Waals surface area contributed by atoms with Gasteiger partial charge in [-0.1, -0.05) is 22.0 Å². The molecule has 0 spiro atoms. The van der Waals surface area contributed by atoms with Crippen molar-refractivity contribution in [3.05, 3.63) is 117 Å². The molecule has 3 saturated heterocycles. The molecule has 0 radical (unpaired) electrons. The van der Waals surface area contributed by atoms with E-state index in [0.717, 1.165) is 130 Å². The molecular weight excluding hydrogens is 1180 g/mol. The number of anilines is 2. The number of rotatable bonds is 7.